The van der Waals surface area contributed by atoms with Crippen LogP contribution in [0.1, 0.15) is 27.2 Å². The van der Waals surface area contributed by atoms with Gasteiger partial charge in [0.25, 0.3) is 0 Å². The molecule has 0 fully saturated rings. The summed E-state index contributed by atoms with van der Waals surface area (Å²) in [6.07, 6.45) is 0.569. The maximum absolute atomic E-state index is 11.2. The number of carbonyl (C=O) groups excluding carboxylic acids is 2. The van der Waals surface area contributed by atoms with Crippen molar-refractivity contribution in [3.8, 4) is 0 Å². The fourth-order valence-corrected chi connectivity index (χ4v) is 0.864. The molecule has 4 N–H and O–H groups in total. The third-order valence-electron chi connectivity index (χ3n) is 1.91. The molecule has 0 saturated heterocycles. The van der Waals surface area contributed by atoms with Crippen molar-refractivity contribution < 1.29 is 9.59 Å². The molecule has 15 heavy (non-hydrogen) atoms. The van der Waals surface area contributed by atoms with E-state index in [-0.39, 0.29) is 18.4 Å². The summed E-state index contributed by atoms with van der Waals surface area (Å²) < 4.78 is 0. The second-order valence-electron chi connectivity index (χ2n) is 3.93. The van der Waals surface area contributed by atoms with E-state index in [0.717, 1.165) is 0 Å². The van der Waals surface area contributed by atoms with Gasteiger partial charge >= 0.3 is 0 Å². The average Bonchev–Trinajstić information content (AvgIpc) is 2.21. The molecular formula is C10H21N3O2. The third-order valence-corrected chi connectivity index (χ3v) is 1.91. The molecule has 0 saturated carbocycles. The molecule has 0 aromatic heterocycles. The highest BCUT2D eigenvalue weighted by atomic mass is 16.2. The predicted molar refractivity (Wildman–Crippen MR) is 59.1 cm³/mol. The zero-order chi connectivity index (χ0) is 11.8. The number of nitrogens with one attached hydrogen (secondary N) is 2. The van der Waals surface area contributed by atoms with Crippen LogP contribution in [0.5, 0.6) is 0 Å². The minimum absolute atomic E-state index is 0.000741. The molecule has 1 atom stereocenters. The first-order valence-electron chi connectivity index (χ1n) is 5.27. The Labute approximate surface area is 90.8 Å². The molecule has 5 nitrogen and oxygen atoms in total. The molecule has 1 unspecified atom stereocenters. The van der Waals surface area contributed by atoms with Gasteiger partial charge in [-0.2, -0.15) is 0 Å². The second-order valence-corrected chi connectivity index (χ2v) is 3.93. The Hall–Kier alpha value is -1.10. The van der Waals surface area contributed by atoms with Crippen LogP contribution in [-0.4, -0.2) is 30.9 Å². The summed E-state index contributed by atoms with van der Waals surface area (Å²) in [7, 11) is 0. The normalized spacial score (nSPS) is 12.3. The van der Waals surface area contributed by atoms with Gasteiger partial charge in [0.1, 0.15) is 0 Å². The first-order valence-corrected chi connectivity index (χ1v) is 5.27. The van der Waals surface area contributed by atoms with E-state index in [9.17, 15) is 9.59 Å². The Balaban J connectivity index is 3.67. The van der Waals surface area contributed by atoms with Gasteiger partial charge in [-0.25, -0.2) is 0 Å². The SMILES string of the molecule is CCC(N)C(=O)NCC(=O)NCC(C)C. The summed E-state index contributed by atoms with van der Waals surface area (Å²) in [5.41, 5.74) is 5.48. The van der Waals surface area contributed by atoms with Crippen LogP contribution in [0.25, 0.3) is 0 Å². The van der Waals surface area contributed by atoms with Crippen molar-refractivity contribution in [1.29, 1.82) is 0 Å². The molecular weight excluding hydrogens is 194 g/mol. The van der Waals surface area contributed by atoms with Crippen LogP contribution < -0.4 is 16.4 Å². The molecule has 0 radical (unpaired) electrons. The Morgan fingerprint density at radius 2 is 1.87 bits per heavy atom. The smallest absolute Gasteiger partial charge is 0.239 e. The largest absolute Gasteiger partial charge is 0.354 e. The lowest BCUT2D eigenvalue weighted by atomic mass is 10.2. The van der Waals surface area contributed by atoms with E-state index in [2.05, 4.69) is 10.6 Å². The van der Waals surface area contributed by atoms with E-state index in [1.807, 2.05) is 20.8 Å². The van der Waals surface area contributed by atoms with Crippen molar-refractivity contribution in [2.24, 2.45) is 11.7 Å². The van der Waals surface area contributed by atoms with Crippen molar-refractivity contribution in [3.05, 3.63) is 0 Å². The summed E-state index contributed by atoms with van der Waals surface area (Å²) in [6, 6.07) is -0.525. The minimum Gasteiger partial charge on any atom is -0.354 e. The van der Waals surface area contributed by atoms with Gasteiger partial charge in [0.15, 0.2) is 0 Å². The second kappa shape index (κ2) is 7.23. The Kier molecular flexibility index (Phi) is 6.70. The topological polar surface area (TPSA) is 84.2 Å². The van der Waals surface area contributed by atoms with Crippen LogP contribution in [0, 0.1) is 5.92 Å². The quantitative estimate of drug-likeness (QED) is 0.564. The van der Waals surface area contributed by atoms with Crippen molar-refractivity contribution in [2.45, 2.75) is 33.2 Å². The molecule has 0 aliphatic rings. The van der Waals surface area contributed by atoms with Crippen LogP contribution in [0.15, 0.2) is 0 Å². The van der Waals surface area contributed by atoms with E-state index in [1.54, 1.807) is 0 Å². The first kappa shape index (κ1) is 13.9. The van der Waals surface area contributed by atoms with Gasteiger partial charge in [0, 0.05) is 6.54 Å². The van der Waals surface area contributed by atoms with Gasteiger partial charge in [-0.15, -0.1) is 0 Å². The Bertz CT molecular complexity index is 217. The van der Waals surface area contributed by atoms with Crippen molar-refractivity contribution in [3.63, 3.8) is 0 Å². The first-order chi connectivity index (χ1) is 6.97. The monoisotopic (exact) mass is 215 g/mol. The number of amides is 2. The lowest BCUT2D eigenvalue weighted by molar-refractivity contribution is -0.126. The van der Waals surface area contributed by atoms with Gasteiger partial charge < -0.3 is 16.4 Å². The fourth-order valence-electron chi connectivity index (χ4n) is 0.864. The number of rotatable bonds is 6. The fraction of sp³-hybridized carbons (Fsp3) is 0.800. The summed E-state index contributed by atoms with van der Waals surface area (Å²) in [5, 5.41) is 5.18. The highest BCUT2D eigenvalue weighted by Gasteiger charge is 2.11. The van der Waals surface area contributed by atoms with E-state index >= 15 is 0 Å². The van der Waals surface area contributed by atoms with Crippen molar-refractivity contribution in [1.82, 2.24) is 10.6 Å². The minimum atomic E-state index is -0.525. The summed E-state index contributed by atoms with van der Waals surface area (Å²) in [5.74, 6) is -0.0555. The molecule has 0 rings (SSSR count). The van der Waals surface area contributed by atoms with Gasteiger partial charge in [0.2, 0.25) is 11.8 Å². The van der Waals surface area contributed by atoms with Crippen LogP contribution in [0.4, 0.5) is 0 Å². The van der Waals surface area contributed by atoms with Gasteiger partial charge in [-0.05, 0) is 12.3 Å². The number of hydrogen-bond donors (Lipinski definition) is 3. The highest BCUT2D eigenvalue weighted by Crippen LogP contribution is 1.87. The number of hydrogen-bond acceptors (Lipinski definition) is 3. The van der Waals surface area contributed by atoms with Gasteiger partial charge in [0.05, 0.1) is 12.6 Å². The molecule has 0 heterocycles. The highest BCUT2D eigenvalue weighted by molar-refractivity contribution is 5.87. The van der Waals surface area contributed by atoms with E-state index in [1.165, 1.54) is 0 Å². The molecule has 0 aliphatic heterocycles. The Morgan fingerprint density at radius 3 is 2.33 bits per heavy atom. The molecule has 0 bridgehead atoms. The molecule has 0 aromatic carbocycles. The zero-order valence-corrected chi connectivity index (χ0v) is 9.67. The van der Waals surface area contributed by atoms with Crippen molar-refractivity contribution >= 4 is 11.8 Å². The lowest BCUT2D eigenvalue weighted by Crippen LogP contribution is -2.45. The molecule has 0 aliphatic carbocycles. The summed E-state index contributed by atoms with van der Waals surface area (Å²) >= 11 is 0. The number of nitrogens with two attached hydrogens (primary N) is 1. The van der Waals surface area contributed by atoms with E-state index in [4.69, 9.17) is 5.73 Å². The molecule has 0 spiro atoms. The Morgan fingerprint density at radius 1 is 1.27 bits per heavy atom. The maximum Gasteiger partial charge on any atom is 0.239 e. The van der Waals surface area contributed by atoms with Crippen LogP contribution in [0.3, 0.4) is 0 Å². The van der Waals surface area contributed by atoms with E-state index < -0.39 is 6.04 Å². The summed E-state index contributed by atoms with van der Waals surface area (Å²) in [6.45, 7) is 6.45. The van der Waals surface area contributed by atoms with Crippen LogP contribution in [0.2, 0.25) is 0 Å². The molecule has 0 aromatic rings. The van der Waals surface area contributed by atoms with E-state index in [0.29, 0.717) is 18.9 Å². The standard InChI is InChI=1S/C10H21N3O2/c1-4-8(11)10(15)13-6-9(14)12-5-7(2)3/h7-8H,4-6,11H2,1-3H3,(H,12,14)(H,13,15). The van der Waals surface area contributed by atoms with Gasteiger partial charge in [-0.1, -0.05) is 20.8 Å². The molecule has 5 heteroatoms. The van der Waals surface area contributed by atoms with Gasteiger partial charge in [-0.3, -0.25) is 9.59 Å². The van der Waals surface area contributed by atoms with Crippen LogP contribution in [-0.2, 0) is 9.59 Å². The maximum atomic E-state index is 11.2. The number of carbonyl (C=O) groups is 2. The zero-order valence-electron chi connectivity index (χ0n) is 9.67. The predicted octanol–water partition coefficient (Wildman–Crippen LogP) is -0.388. The van der Waals surface area contributed by atoms with Crippen molar-refractivity contribution in [2.75, 3.05) is 13.1 Å². The van der Waals surface area contributed by atoms with Crippen LogP contribution >= 0.6 is 0 Å². The molecule has 88 valence electrons. The lowest BCUT2D eigenvalue weighted by Gasteiger charge is -2.11. The molecule has 2 amide bonds. The summed E-state index contributed by atoms with van der Waals surface area (Å²) in [4.78, 5) is 22.4. The average molecular weight is 215 g/mol. The third kappa shape index (κ3) is 6.90.